The molecule has 0 aliphatic carbocycles. The maximum absolute atomic E-state index is 14.3. The van der Waals surface area contributed by atoms with Crippen molar-refractivity contribution in [3.05, 3.63) is 81.3 Å². The van der Waals surface area contributed by atoms with E-state index in [9.17, 15) is 14.4 Å². The molecule has 1 fully saturated rings. The second-order valence-electron chi connectivity index (χ2n) is 11.0. The van der Waals surface area contributed by atoms with Crippen LogP contribution in [0.4, 0.5) is 0 Å². The number of hydrogen-bond donors (Lipinski definition) is 0. The van der Waals surface area contributed by atoms with Gasteiger partial charge in [-0.05, 0) is 64.8 Å². The van der Waals surface area contributed by atoms with Crippen LogP contribution in [0.25, 0.3) is 16.6 Å². The van der Waals surface area contributed by atoms with Crippen molar-refractivity contribution in [1.29, 1.82) is 0 Å². The molecule has 5 rings (SSSR count). The van der Waals surface area contributed by atoms with Crippen LogP contribution in [0.15, 0.2) is 64.4 Å². The molecule has 41 heavy (non-hydrogen) atoms. The van der Waals surface area contributed by atoms with Crippen LogP contribution in [0, 0.1) is 0 Å². The van der Waals surface area contributed by atoms with E-state index in [0.29, 0.717) is 30.0 Å². The molecule has 1 saturated heterocycles. The summed E-state index contributed by atoms with van der Waals surface area (Å²) in [7, 11) is 1.59. The standard InChI is InChI=1S/C30H36N6O5/c1-20(2)41-26(22-10-6-7-11-25(22)40-5)19-34-24-13-12-21(36-31-14-15-32-36)18-23(24)27(37)35(29(34)39)30(3,4)28(38)33-16-8-9-17-33/h6-7,10-15,18,20,26H,8-9,16-17,19H2,1-5H3/t26-/m0/s1. The Kier molecular flexibility index (Phi) is 7.81. The van der Waals surface area contributed by atoms with Crippen LogP contribution < -0.4 is 16.0 Å². The van der Waals surface area contributed by atoms with Gasteiger partial charge in [-0.2, -0.15) is 15.0 Å². The van der Waals surface area contributed by atoms with Gasteiger partial charge in [-0.15, -0.1) is 0 Å². The first kappa shape index (κ1) is 28.3. The van der Waals surface area contributed by atoms with E-state index < -0.39 is 22.9 Å². The Labute approximate surface area is 237 Å². The molecule has 3 heterocycles. The Balaban J connectivity index is 1.75. The topological polar surface area (TPSA) is 113 Å². The van der Waals surface area contributed by atoms with Crippen molar-refractivity contribution in [3.63, 3.8) is 0 Å². The lowest BCUT2D eigenvalue weighted by Gasteiger charge is -2.31. The summed E-state index contributed by atoms with van der Waals surface area (Å²) >= 11 is 0. The first-order valence-electron chi connectivity index (χ1n) is 13.9. The van der Waals surface area contributed by atoms with Crippen molar-refractivity contribution in [2.75, 3.05) is 20.2 Å². The number of carbonyl (C=O) groups is 1. The normalized spacial score (nSPS) is 14.6. The Morgan fingerprint density at radius 2 is 1.71 bits per heavy atom. The van der Waals surface area contributed by atoms with Crippen LogP contribution in [-0.4, -0.2) is 61.2 Å². The molecule has 216 valence electrons. The molecule has 0 N–H and O–H groups in total. The predicted octanol–water partition coefficient (Wildman–Crippen LogP) is 3.28. The van der Waals surface area contributed by atoms with Crippen molar-refractivity contribution in [2.45, 2.75) is 64.8 Å². The number of aromatic nitrogens is 5. The van der Waals surface area contributed by atoms with Crippen LogP contribution in [0.2, 0.25) is 0 Å². The van der Waals surface area contributed by atoms with E-state index in [1.807, 2.05) is 38.1 Å². The summed E-state index contributed by atoms with van der Waals surface area (Å²) in [6.45, 7) is 8.40. The van der Waals surface area contributed by atoms with Gasteiger partial charge in [0.2, 0.25) is 5.91 Å². The third-order valence-corrected chi connectivity index (χ3v) is 7.52. The fraction of sp³-hybridized carbons (Fsp3) is 0.433. The van der Waals surface area contributed by atoms with Crippen molar-refractivity contribution in [1.82, 2.24) is 29.0 Å². The number of likely N-dealkylation sites (tertiary alicyclic amines) is 1. The highest BCUT2D eigenvalue weighted by atomic mass is 16.5. The fourth-order valence-electron chi connectivity index (χ4n) is 5.55. The number of nitrogens with zero attached hydrogens (tertiary/aromatic N) is 6. The van der Waals surface area contributed by atoms with Crippen molar-refractivity contribution >= 4 is 16.8 Å². The maximum atomic E-state index is 14.3. The Morgan fingerprint density at radius 1 is 1.02 bits per heavy atom. The predicted molar refractivity (Wildman–Crippen MR) is 154 cm³/mol. The number of rotatable bonds is 9. The average Bonchev–Trinajstić information content (AvgIpc) is 3.69. The monoisotopic (exact) mass is 560 g/mol. The minimum Gasteiger partial charge on any atom is -0.496 e. The second-order valence-corrected chi connectivity index (χ2v) is 11.0. The summed E-state index contributed by atoms with van der Waals surface area (Å²) in [4.78, 5) is 45.3. The lowest BCUT2D eigenvalue weighted by atomic mass is 10.0. The number of para-hydroxylation sites is 1. The zero-order valence-corrected chi connectivity index (χ0v) is 24.1. The molecule has 1 amide bonds. The summed E-state index contributed by atoms with van der Waals surface area (Å²) < 4.78 is 14.6. The molecular formula is C30H36N6O5. The molecule has 0 unspecified atom stereocenters. The zero-order chi connectivity index (χ0) is 29.3. The molecule has 1 atom stereocenters. The summed E-state index contributed by atoms with van der Waals surface area (Å²) in [5.74, 6) is 0.366. The van der Waals surface area contributed by atoms with Crippen LogP contribution >= 0.6 is 0 Å². The molecule has 2 aromatic carbocycles. The van der Waals surface area contributed by atoms with Gasteiger partial charge in [-0.1, -0.05) is 18.2 Å². The molecule has 11 heteroatoms. The second kappa shape index (κ2) is 11.3. The fourth-order valence-corrected chi connectivity index (χ4v) is 5.55. The van der Waals surface area contributed by atoms with E-state index in [1.165, 1.54) is 9.36 Å². The van der Waals surface area contributed by atoms with E-state index >= 15 is 0 Å². The molecule has 1 aliphatic rings. The quantitative estimate of drug-likeness (QED) is 0.309. The Morgan fingerprint density at radius 3 is 2.37 bits per heavy atom. The van der Waals surface area contributed by atoms with Crippen molar-refractivity contribution < 1.29 is 14.3 Å². The van der Waals surface area contributed by atoms with Gasteiger partial charge in [0.15, 0.2) is 0 Å². The van der Waals surface area contributed by atoms with Gasteiger partial charge in [-0.3, -0.25) is 14.2 Å². The molecule has 0 saturated carbocycles. The summed E-state index contributed by atoms with van der Waals surface area (Å²) in [6, 6.07) is 12.6. The van der Waals surface area contributed by atoms with Gasteiger partial charge in [-0.25, -0.2) is 9.36 Å². The summed E-state index contributed by atoms with van der Waals surface area (Å²) in [5.41, 5.74) is -0.814. The van der Waals surface area contributed by atoms with Crippen molar-refractivity contribution in [2.24, 2.45) is 0 Å². The number of carbonyl (C=O) groups excluding carboxylic acids is 1. The molecule has 2 aromatic heterocycles. The van der Waals surface area contributed by atoms with Crippen LogP contribution in [0.5, 0.6) is 5.75 Å². The molecule has 0 spiro atoms. The van der Waals surface area contributed by atoms with Gasteiger partial charge in [0.1, 0.15) is 17.4 Å². The summed E-state index contributed by atoms with van der Waals surface area (Å²) in [5, 5.41) is 8.64. The maximum Gasteiger partial charge on any atom is 0.332 e. The number of methoxy groups -OCH3 is 1. The molecule has 0 bridgehead atoms. The highest BCUT2D eigenvalue weighted by Gasteiger charge is 2.38. The molecule has 1 aliphatic heterocycles. The Bertz CT molecular complexity index is 1670. The minimum absolute atomic E-state index is 0.0848. The number of fused-ring (bicyclic) bond motifs is 1. The molecule has 4 aromatic rings. The van der Waals surface area contributed by atoms with Crippen LogP contribution in [0.1, 0.15) is 52.2 Å². The summed E-state index contributed by atoms with van der Waals surface area (Å²) in [6.07, 6.45) is 4.13. The van der Waals surface area contributed by atoms with E-state index in [2.05, 4.69) is 10.2 Å². The third-order valence-electron chi connectivity index (χ3n) is 7.52. The third kappa shape index (κ3) is 5.29. The largest absolute Gasteiger partial charge is 0.496 e. The number of ether oxygens (including phenoxy) is 2. The van der Waals surface area contributed by atoms with Gasteiger partial charge in [0.05, 0.1) is 48.7 Å². The van der Waals surface area contributed by atoms with E-state index in [-0.39, 0.29) is 23.9 Å². The first-order chi connectivity index (χ1) is 19.6. The minimum atomic E-state index is -1.42. The first-order valence-corrected chi connectivity index (χ1v) is 13.9. The average molecular weight is 561 g/mol. The van der Waals surface area contributed by atoms with E-state index in [1.54, 1.807) is 56.4 Å². The van der Waals surface area contributed by atoms with Gasteiger partial charge in [0.25, 0.3) is 5.56 Å². The van der Waals surface area contributed by atoms with E-state index in [4.69, 9.17) is 9.47 Å². The molecular weight excluding hydrogens is 524 g/mol. The number of amides is 1. The highest BCUT2D eigenvalue weighted by molar-refractivity contribution is 5.85. The smallest absolute Gasteiger partial charge is 0.332 e. The van der Waals surface area contributed by atoms with Gasteiger partial charge >= 0.3 is 5.69 Å². The van der Waals surface area contributed by atoms with Crippen LogP contribution in [0.3, 0.4) is 0 Å². The van der Waals surface area contributed by atoms with E-state index in [0.717, 1.165) is 23.0 Å². The number of hydrogen-bond acceptors (Lipinski definition) is 7. The lowest BCUT2D eigenvalue weighted by molar-refractivity contribution is -0.138. The van der Waals surface area contributed by atoms with Gasteiger partial charge in [0, 0.05) is 18.7 Å². The number of benzene rings is 2. The van der Waals surface area contributed by atoms with Gasteiger partial charge < -0.3 is 14.4 Å². The lowest BCUT2D eigenvalue weighted by Crippen LogP contribution is -2.56. The highest BCUT2D eigenvalue weighted by Crippen LogP contribution is 2.31. The van der Waals surface area contributed by atoms with Crippen molar-refractivity contribution in [3.8, 4) is 11.4 Å². The zero-order valence-electron chi connectivity index (χ0n) is 24.1. The molecule has 11 nitrogen and oxygen atoms in total. The molecule has 0 radical (unpaired) electrons. The van der Waals surface area contributed by atoms with Crippen LogP contribution in [-0.2, 0) is 21.6 Å². The Hall–Kier alpha value is -4.25. The SMILES string of the molecule is COc1ccccc1[C@H](Cn1c(=O)n(C(C)(C)C(=O)N2CCCC2)c(=O)c2cc(-n3nccn3)ccc21)OC(C)C.